The van der Waals surface area contributed by atoms with Crippen molar-refractivity contribution >= 4 is 5.97 Å². The van der Waals surface area contributed by atoms with Crippen LogP contribution in [0.5, 0.6) is 17.2 Å². The molecule has 1 aromatic carbocycles. The van der Waals surface area contributed by atoms with Crippen LogP contribution in [0.25, 0.3) is 0 Å². The SMILES string of the molecule is C=CC(=O)Oc1c(O)cccc1OC. The van der Waals surface area contributed by atoms with E-state index < -0.39 is 5.97 Å². The number of phenols is 1. The standard InChI is InChI=1S/C10H10O4/c1-3-9(12)14-10-7(11)5-4-6-8(10)13-2/h3-6,11H,1H2,2H3. The van der Waals surface area contributed by atoms with Gasteiger partial charge in [0.2, 0.25) is 5.75 Å². The third kappa shape index (κ3) is 2.04. The smallest absolute Gasteiger partial charge is 0.335 e. The second-order valence-corrected chi connectivity index (χ2v) is 2.43. The first-order chi connectivity index (χ1) is 6.69. The summed E-state index contributed by atoms with van der Waals surface area (Å²) in [6, 6.07) is 4.55. The van der Waals surface area contributed by atoms with Crippen molar-refractivity contribution in [2.45, 2.75) is 0 Å². The number of methoxy groups -OCH3 is 1. The summed E-state index contributed by atoms with van der Waals surface area (Å²) in [7, 11) is 1.42. The van der Waals surface area contributed by atoms with Crippen molar-refractivity contribution in [3.05, 3.63) is 30.9 Å². The van der Waals surface area contributed by atoms with Crippen LogP contribution in [0.4, 0.5) is 0 Å². The predicted molar refractivity (Wildman–Crippen MR) is 50.5 cm³/mol. The molecule has 1 N–H and O–H groups in total. The van der Waals surface area contributed by atoms with Crippen LogP contribution < -0.4 is 9.47 Å². The van der Waals surface area contributed by atoms with Crippen molar-refractivity contribution < 1.29 is 19.4 Å². The number of carbonyl (C=O) groups excluding carboxylic acids is 1. The number of esters is 1. The summed E-state index contributed by atoms with van der Waals surface area (Å²) in [5.74, 6) is -0.510. The molecule has 0 fully saturated rings. The monoisotopic (exact) mass is 194 g/mol. The Labute approximate surface area is 81.4 Å². The first-order valence-corrected chi connectivity index (χ1v) is 3.89. The Hall–Kier alpha value is -1.97. The van der Waals surface area contributed by atoms with Gasteiger partial charge in [0.25, 0.3) is 0 Å². The number of ether oxygens (including phenoxy) is 2. The molecule has 1 rings (SSSR count). The zero-order valence-electron chi connectivity index (χ0n) is 7.69. The van der Waals surface area contributed by atoms with E-state index in [1.165, 1.54) is 13.2 Å². The Kier molecular flexibility index (Phi) is 3.12. The minimum Gasteiger partial charge on any atom is -0.504 e. The fraction of sp³-hybridized carbons (Fsp3) is 0.100. The molecule has 4 nitrogen and oxygen atoms in total. The predicted octanol–water partition coefficient (Wildman–Crippen LogP) is 1.49. The van der Waals surface area contributed by atoms with Crippen molar-refractivity contribution in [2.75, 3.05) is 7.11 Å². The van der Waals surface area contributed by atoms with Crippen LogP contribution in [0.2, 0.25) is 0 Å². The minimum atomic E-state index is -0.648. The van der Waals surface area contributed by atoms with Crippen molar-refractivity contribution in [3.63, 3.8) is 0 Å². The van der Waals surface area contributed by atoms with E-state index in [9.17, 15) is 9.90 Å². The second kappa shape index (κ2) is 4.32. The van der Waals surface area contributed by atoms with Crippen LogP contribution in [0.1, 0.15) is 0 Å². The second-order valence-electron chi connectivity index (χ2n) is 2.43. The number of hydrogen-bond acceptors (Lipinski definition) is 4. The first-order valence-electron chi connectivity index (χ1n) is 3.89. The van der Waals surface area contributed by atoms with Crippen LogP contribution >= 0.6 is 0 Å². The molecule has 0 aliphatic rings. The lowest BCUT2D eigenvalue weighted by atomic mass is 10.3. The van der Waals surface area contributed by atoms with Gasteiger partial charge in [-0.25, -0.2) is 4.79 Å². The highest BCUT2D eigenvalue weighted by atomic mass is 16.6. The molecule has 0 saturated carbocycles. The van der Waals surface area contributed by atoms with Crippen molar-refractivity contribution in [1.29, 1.82) is 0 Å². The van der Waals surface area contributed by atoms with Crippen LogP contribution in [-0.4, -0.2) is 18.2 Å². The summed E-state index contributed by atoms with van der Waals surface area (Å²) in [6.45, 7) is 3.24. The Balaban J connectivity index is 3.04. The van der Waals surface area contributed by atoms with Gasteiger partial charge in [-0.3, -0.25) is 0 Å². The quantitative estimate of drug-likeness (QED) is 0.450. The van der Waals surface area contributed by atoms with Crippen molar-refractivity contribution in [1.82, 2.24) is 0 Å². The van der Waals surface area contributed by atoms with Gasteiger partial charge < -0.3 is 14.6 Å². The highest BCUT2D eigenvalue weighted by Gasteiger charge is 2.11. The maximum Gasteiger partial charge on any atom is 0.335 e. The Morgan fingerprint density at radius 3 is 2.86 bits per heavy atom. The molecule has 0 aliphatic carbocycles. The van der Waals surface area contributed by atoms with E-state index in [0.29, 0.717) is 5.75 Å². The Morgan fingerprint density at radius 1 is 1.57 bits per heavy atom. The molecule has 14 heavy (non-hydrogen) atoms. The molecule has 0 aliphatic heterocycles. The Morgan fingerprint density at radius 2 is 2.29 bits per heavy atom. The van der Waals surface area contributed by atoms with Crippen LogP contribution in [0.15, 0.2) is 30.9 Å². The third-order valence-corrected chi connectivity index (χ3v) is 1.55. The summed E-state index contributed by atoms with van der Waals surface area (Å²) in [5, 5.41) is 9.38. The lowest BCUT2D eigenvalue weighted by Gasteiger charge is -2.08. The highest BCUT2D eigenvalue weighted by molar-refractivity contribution is 5.84. The minimum absolute atomic E-state index is 0.0000926. The van der Waals surface area contributed by atoms with Gasteiger partial charge in [-0.1, -0.05) is 12.6 Å². The number of rotatable bonds is 3. The van der Waals surface area contributed by atoms with Crippen LogP contribution in [0, 0.1) is 0 Å². The van der Waals surface area contributed by atoms with Crippen molar-refractivity contribution in [2.24, 2.45) is 0 Å². The van der Waals surface area contributed by atoms with E-state index >= 15 is 0 Å². The molecular formula is C10H10O4. The molecule has 1 aromatic rings. The summed E-state index contributed by atoms with van der Waals surface area (Å²) in [5.41, 5.74) is 0. The number of carbonyl (C=O) groups is 1. The van der Waals surface area contributed by atoms with Gasteiger partial charge in [-0.2, -0.15) is 0 Å². The molecule has 0 saturated heterocycles. The average Bonchev–Trinajstić information content (AvgIpc) is 2.20. The van der Waals surface area contributed by atoms with Gasteiger partial charge in [0.05, 0.1) is 7.11 Å². The molecule has 0 unspecified atom stereocenters. The highest BCUT2D eigenvalue weighted by Crippen LogP contribution is 2.35. The van der Waals surface area contributed by atoms with E-state index in [0.717, 1.165) is 6.08 Å². The van der Waals surface area contributed by atoms with Crippen molar-refractivity contribution in [3.8, 4) is 17.2 Å². The lowest BCUT2D eigenvalue weighted by molar-refractivity contribution is -0.129. The molecule has 0 atom stereocenters. The molecule has 0 bridgehead atoms. The molecule has 4 heteroatoms. The summed E-state index contributed by atoms with van der Waals surface area (Å²) >= 11 is 0. The summed E-state index contributed by atoms with van der Waals surface area (Å²) in [4.78, 5) is 10.9. The van der Waals surface area contributed by atoms with E-state index in [1.54, 1.807) is 12.1 Å². The van der Waals surface area contributed by atoms with Gasteiger partial charge >= 0.3 is 5.97 Å². The zero-order valence-corrected chi connectivity index (χ0v) is 7.69. The molecule has 74 valence electrons. The van der Waals surface area contributed by atoms with Gasteiger partial charge in [0.1, 0.15) is 0 Å². The number of aromatic hydroxyl groups is 1. The molecular weight excluding hydrogens is 184 g/mol. The Bertz CT molecular complexity index is 357. The molecule has 0 amide bonds. The average molecular weight is 194 g/mol. The normalized spacial score (nSPS) is 9.21. The van der Waals surface area contributed by atoms with Crippen LogP contribution in [-0.2, 0) is 4.79 Å². The molecule has 0 radical (unpaired) electrons. The molecule has 0 aromatic heterocycles. The maximum atomic E-state index is 10.9. The number of phenolic OH excluding ortho intramolecular Hbond substituents is 1. The van der Waals surface area contributed by atoms with E-state index in [1.807, 2.05) is 0 Å². The van der Waals surface area contributed by atoms with Gasteiger partial charge in [0.15, 0.2) is 11.5 Å². The topological polar surface area (TPSA) is 55.8 Å². The number of hydrogen-bond donors (Lipinski definition) is 1. The molecule has 0 spiro atoms. The fourth-order valence-corrected chi connectivity index (χ4v) is 0.910. The summed E-state index contributed by atoms with van der Waals surface area (Å²) in [6.07, 6.45) is 1.01. The number of benzene rings is 1. The molecule has 0 heterocycles. The number of para-hydroxylation sites is 1. The van der Waals surface area contributed by atoms with Crippen LogP contribution in [0.3, 0.4) is 0 Å². The van der Waals surface area contributed by atoms with E-state index in [-0.39, 0.29) is 11.5 Å². The largest absolute Gasteiger partial charge is 0.504 e. The zero-order chi connectivity index (χ0) is 10.6. The van der Waals surface area contributed by atoms with Gasteiger partial charge in [0, 0.05) is 6.08 Å². The fourth-order valence-electron chi connectivity index (χ4n) is 0.910. The van der Waals surface area contributed by atoms with E-state index in [2.05, 4.69) is 6.58 Å². The van der Waals surface area contributed by atoms with E-state index in [4.69, 9.17) is 9.47 Å². The lowest BCUT2D eigenvalue weighted by Crippen LogP contribution is -2.04. The summed E-state index contributed by atoms with van der Waals surface area (Å²) < 4.78 is 9.68. The maximum absolute atomic E-state index is 10.9. The third-order valence-electron chi connectivity index (χ3n) is 1.55. The van der Waals surface area contributed by atoms with Gasteiger partial charge in [-0.15, -0.1) is 0 Å². The van der Waals surface area contributed by atoms with Gasteiger partial charge in [-0.05, 0) is 12.1 Å². The first kappa shape index (κ1) is 10.1.